The summed E-state index contributed by atoms with van der Waals surface area (Å²) in [5, 5.41) is 32.3. The van der Waals surface area contributed by atoms with Crippen LogP contribution in [0, 0.1) is 22.7 Å². The molecule has 0 spiro atoms. The van der Waals surface area contributed by atoms with Gasteiger partial charge in [0, 0.05) is 10.9 Å². The SMILES string of the molecule is N#Cc1c(NC(=O)CSc2sc3c(O)cc(=O)[nH]c3c2C#N)sc2c1CCCC2. The van der Waals surface area contributed by atoms with Crippen molar-refractivity contribution >= 4 is 55.6 Å². The van der Waals surface area contributed by atoms with Crippen LogP contribution in [0.3, 0.4) is 0 Å². The molecule has 0 unspecified atom stereocenters. The molecule has 0 fully saturated rings. The van der Waals surface area contributed by atoms with Gasteiger partial charge >= 0.3 is 0 Å². The molecule has 3 N–H and O–H groups in total. The predicted octanol–water partition coefficient (Wildman–Crippen LogP) is 3.71. The third kappa shape index (κ3) is 3.62. The molecular weight excluding hydrogens is 428 g/mol. The molecular formula is C19H14N4O3S3. The normalized spacial score (nSPS) is 12.9. The molecule has 3 heterocycles. The van der Waals surface area contributed by atoms with E-state index >= 15 is 0 Å². The molecule has 1 amide bonds. The van der Waals surface area contributed by atoms with E-state index in [9.17, 15) is 25.2 Å². The monoisotopic (exact) mass is 442 g/mol. The smallest absolute Gasteiger partial charge is 0.252 e. The minimum atomic E-state index is -0.496. The van der Waals surface area contributed by atoms with Crippen molar-refractivity contribution in [1.82, 2.24) is 4.98 Å². The second kappa shape index (κ2) is 7.91. The van der Waals surface area contributed by atoms with Gasteiger partial charge in [0.05, 0.1) is 25.7 Å². The highest BCUT2D eigenvalue weighted by Crippen LogP contribution is 2.40. The topological polar surface area (TPSA) is 130 Å². The van der Waals surface area contributed by atoms with Gasteiger partial charge in [-0.25, -0.2) is 0 Å². The van der Waals surface area contributed by atoms with Gasteiger partial charge in [-0.3, -0.25) is 9.59 Å². The number of nitriles is 2. The number of anilines is 1. The number of nitrogens with zero attached hydrogens (tertiary/aromatic N) is 2. The van der Waals surface area contributed by atoms with Gasteiger partial charge in [0.1, 0.15) is 28.5 Å². The first-order valence-electron chi connectivity index (χ1n) is 8.78. The predicted molar refractivity (Wildman–Crippen MR) is 114 cm³/mol. The number of aromatic amines is 1. The summed E-state index contributed by atoms with van der Waals surface area (Å²) in [5.41, 5.74) is 1.64. The number of carbonyl (C=O) groups is 1. The van der Waals surface area contributed by atoms with Crippen LogP contribution in [0.25, 0.3) is 10.2 Å². The van der Waals surface area contributed by atoms with Crippen LogP contribution in [-0.2, 0) is 17.6 Å². The summed E-state index contributed by atoms with van der Waals surface area (Å²) in [5.74, 6) is -0.423. The Labute approximate surface area is 177 Å². The number of amides is 1. The Bertz CT molecular complexity index is 1270. The number of nitrogens with one attached hydrogen (secondary N) is 2. The number of hydrogen-bond donors (Lipinski definition) is 3. The molecule has 0 aromatic carbocycles. The van der Waals surface area contributed by atoms with E-state index in [1.165, 1.54) is 16.2 Å². The van der Waals surface area contributed by atoms with E-state index in [1.54, 1.807) is 0 Å². The van der Waals surface area contributed by atoms with E-state index in [1.807, 2.05) is 6.07 Å². The first-order valence-corrected chi connectivity index (χ1v) is 11.4. The number of aromatic nitrogens is 1. The highest BCUT2D eigenvalue weighted by molar-refractivity contribution is 8.02. The Morgan fingerprint density at radius 3 is 2.76 bits per heavy atom. The van der Waals surface area contributed by atoms with Gasteiger partial charge in [0.25, 0.3) is 5.56 Å². The summed E-state index contributed by atoms with van der Waals surface area (Å²) >= 11 is 3.78. The number of rotatable bonds is 4. The van der Waals surface area contributed by atoms with Crippen molar-refractivity contribution in [3.63, 3.8) is 0 Å². The van der Waals surface area contributed by atoms with E-state index in [-0.39, 0.29) is 28.5 Å². The van der Waals surface area contributed by atoms with Crippen LogP contribution in [-0.4, -0.2) is 21.8 Å². The molecule has 1 aliphatic carbocycles. The molecule has 0 aliphatic heterocycles. The van der Waals surface area contributed by atoms with Gasteiger partial charge < -0.3 is 15.4 Å². The number of thiophene rings is 2. The first-order chi connectivity index (χ1) is 14.0. The second-order valence-corrected chi connectivity index (χ2v) is 9.83. The Morgan fingerprint density at radius 1 is 1.24 bits per heavy atom. The molecule has 10 heteroatoms. The molecule has 3 aromatic heterocycles. The number of fused-ring (bicyclic) bond motifs is 2. The largest absolute Gasteiger partial charge is 0.506 e. The average Bonchev–Trinajstić information content (AvgIpc) is 3.23. The lowest BCUT2D eigenvalue weighted by molar-refractivity contribution is -0.113. The van der Waals surface area contributed by atoms with Gasteiger partial charge in [-0.1, -0.05) is 0 Å². The summed E-state index contributed by atoms with van der Waals surface area (Å²) in [7, 11) is 0. The highest BCUT2D eigenvalue weighted by Gasteiger charge is 2.22. The zero-order chi connectivity index (χ0) is 20.5. The number of aryl methyl sites for hydroxylation is 1. The van der Waals surface area contributed by atoms with E-state index in [0.29, 0.717) is 19.5 Å². The Hall–Kier alpha value is -2.79. The minimum Gasteiger partial charge on any atom is -0.506 e. The zero-order valence-electron chi connectivity index (χ0n) is 15.0. The standard InChI is InChI=1S/C19H14N4O3S3/c20-6-10-9-3-1-2-4-13(9)28-18(10)23-15(26)8-27-19-11(7-21)16-17(29-19)12(24)5-14(25)22-16/h5H,1-4,8H2,(H,23,26)(H2,22,24,25). The van der Waals surface area contributed by atoms with Crippen LogP contribution in [0.5, 0.6) is 5.75 Å². The zero-order valence-corrected chi connectivity index (χ0v) is 17.4. The second-order valence-electron chi connectivity index (χ2n) is 6.46. The average molecular weight is 443 g/mol. The fourth-order valence-electron chi connectivity index (χ4n) is 3.33. The van der Waals surface area contributed by atoms with Crippen LogP contribution in [0.2, 0.25) is 0 Å². The Kier molecular flexibility index (Phi) is 5.33. The highest BCUT2D eigenvalue weighted by atomic mass is 32.2. The van der Waals surface area contributed by atoms with Gasteiger partial charge in [-0.15, -0.1) is 34.4 Å². The van der Waals surface area contributed by atoms with Gasteiger partial charge in [0.2, 0.25) is 5.91 Å². The fourth-order valence-corrected chi connectivity index (χ4v) is 6.73. The molecule has 4 rings (SSSR count). The van der Waals surface area contributed by atoms with Crippen LogP contribution in [0.4, 0.5) is 5.00 Å². The lowest BCUT2D eigenvalue weighted by Gasteiger charge is -2.09. The van der Waals surface area contributed by atoms with E-state index in [0.717, 1.165) is 60.4 Å². The third-order valence-electron chi connectivity index (χ3n) is 4.61. The molecule has 1 aliphatic rings. The van der Waals surface area contributed by atoms with Crippen molar-refractivity contribution in [3.05, 3.63) is 38.0 Å². The van der Waals surface area contributed by atoms with Gasteiger partial charge in [0.15, 0.2) is 0 Å². The summed E-state index contributed by atoms with van der Waals surface area (Å²) < 4.78 is 0.947. The van der Waals surface area contributed by atoms with Crippen molar-refractivity contribution in [2.75, 3.05) is 11.1 Å². The first kappa shape index (κ1) is 19.5. The van der Waals surface area contributed by atoms with E-state index in [4.69, 9.17) is 0 Å². The van der Waals surface area contributed by atoms with E-state index in [2.05, 4.69) is 16.4 Å². The number of H-pyrrole nitrogens is 1. The number of thioether (sulfide) groups is 1. The lowest BCUT2D eigenvalue weighted by Crippen LogP contribution is -2.14. The molecule has 0 saturated heterocycles. The molecule has 29 heavy (non-hydrogen) atoms. The van der Waals surface area contributed by atoms with Gasteiger partial charge in [-0.2, -0.15) is 10.5 Å². The van der Waals surface area contributed by atoms with E-state index < -0.39 is 5.56 Å². The maximum absolute atomic E-state index is 12.5. The van der Waals surface area contributed by atoms with Crippen molar-refractivity contribution in [3.8, 4) is 17.9 Å². The Balaban J connectivity index is 1.53. The molecule has 0 atom stereocenters. The van der Waals surface area contributed by atoms with Gasteiger partial charge in [-0.05, 0) is 31.2 Å². The number of pyridine rings is 1. The molecule has 7 nitrogen and oxygen atoms in total. The van der Waals surface area contributed by atoms with Crippen molar-refractivity contribution in [2.24, 2.45) is 0 Å². The van der Waals surface area contributed by atoms with Crippen LogP contribution in [0.15, 0.2) is 15.1 Å². The molecule has 3 aromatic rings. The lowest BCUT2D eigenvalue weighted by atomic mass is 9.96. The van der Waals surface area contributed by atoms with Crippen molar-refractivity contribution < 1.29 is 9.90 Å². The third-order valence-corrected chi connectivity index (χ3v) is 8.30. The molecule has 0 saturated carbocycles. The molecule has 0 radical (unpaired) electrons. The number of hydrogen-bond acceptors (Lipinski definition) is 8. The van der Waals surface area contributed by atoms with Crippen LogP contribution >= 0.6 is 34.4 Å². The van der Waals surface area contributed by atoms with Crippen LogP contribution in [0.1, 0.15) is 34.4 Å². The number of carbonyl (C=O) groups excluding carboxylic acids is 1. The number of aromatic hydroxyl groups is 1. The molecule has 146 valence electrons. The maximum atomic E-state index is 12.5. The van der Waals surface area contributed by atoms with Crippen molar-refractivity contribution in [1.29, 1.82) is 10.5 Å². The summed E-state index contributed by atoms with van der Waals surface area (Å²) in [6.45, 7) is 0. The van der Waals surface area contributed by atoms with Crippen molar-refractivity contribution in [2.45, 2.75) is 29.9 Å². The summed E-state index contributed by atoms with van der Waals surface area (Å²) in [6.07, 6.45) is 3.96. The fraction of sp³-hybridized carbons (Fsp3) is 0.263. The summed E-state index contributed by atoms with van der Waals surface area (Å²) in [6, 6.07) is 5.31. The van der Waals surface area contributed by atoms with Crippen LogP contribution < -0.4 is 10.9 Å². The molecule has 0 bridgehead atoms. The Morgan fingerprint density at radius 2 is 2.00 bits per heavy atom. The summed E-state index contributed by atoms with van der Waals surface area (Å²) in [4.78, 5) is 27.8. The minimum absolute atomic E-state index is 0.0416. The quantitative estimate of drug-likeness (QED) is 0.528. The maximum Gasteiger partial charge on any atom is 0.252 e.